The average molecular weight is 353 g/mol. The van der Waals surface area contributed by atoms with E-state index in [2.05, 4.69) is 25.4 Å². The van der Waals surface area contributed by atoms with Crippen LogP contribution in [0, 0.1) is 6.92 Å². The highest BCUT2D eigenvalue weighted by Gasteiger charge is 2.28. The van der Waals surface area contributed by atoms with Crippen LogP contribution in [0.25, 0.3) is 11.6 Å². The van der Waals surface area contributed by atoms with Crippen molar-refractivity contribution in [1.82, 2.24) is 30.0 Å². The van der Waals surface area contributed by atoms with Crippen molar-refractivity contribution in [3.63, 3.8) is 0 Å². The van der Waals surface area contributed by atoms with Gasteiger partial charge >= 0.3 is 0 Å². The number of nitrogen functional groups attached to an aromatic ring is 1. The summed E-state index contributed by atoms with van der Waals surface area (Å²) in [6.45, 7) is 2.06. The first-order chi connectivity index (χ1) is 12.5. The van der Waals surface area contributed by atoms with E-state index in [0.29, 0.717) is 29.7 Å². The zero-order valence-electron chi connectivity index (χ0n) is 14.6. The SMILES string of the molecule is Cc1nc(C(=O)NCc2nn(C)cc2C2CC2)c(N)nc1-c1ncco1. The highest BCUT2D eigenvalue weighted by Crippen LogP contribution is 2.41. The van der Waals surface area contributed by atoms with E-state index in [-0.39, 0.29) is 17.4 Å². The van der Waals surface area contributed by atoms with Crippen molar-refractivity contribution in [3.05, 3.63) is 41.3 Å². The van der Waals surface area contributed by atoms with Crippen LogP contribution in [0.2, 0.25) is 0 Å². The molecule has 0 unspecified atom stereocenters. The number of hydrogen-bond donors (Lipinski definition) is 2. The molecule has 1 aliphatic rings. The molecule has 0 spiro atoms. The quantitative estimate of drug-likeness (QED) is 0.713. The molecule has 9 heteroatoms. The van der Waals surface area contributed by atoms with Gasteiger partial charge in [-0.15, -0.1) is 0 Å². The fraction of sp³-hybridized carbons (Fsp3) is 0.353. The molecule has 0 saturated heterocycles. The minimum absolute atomic E-state index is 0.0322. The number of aromatic nitrogens is 5. The van der Waals surface area contributed by atoms with Crippen LogP contribution in [0.3, 0.4) is 0 Å². The van der Waals surface area contributed by atoms with Gasteiger partial charge < -0.3 is 15.5 Å². The molecule has 4 rings (SSSR count). The van der Waals surface area contributed by atoms with E-state index in [4.69, 9.17) is 10.2 Å². The smallest absolute Gasteiger partial charge is 0.274 e. The number of carbonyl (C=O) groups is 1. The Bertz CT molecular complexity index is 958. The van der Waals surface area contributed by atoms with Gasteiger partial charge in [0, 0.05) is 13.2 Å². The van der Waals surface area contributed by atoms with Crippen molar-refractivity contribution in [2.75, 3.05) is 5.73 Å². The lowest BCUT2D eigenvalue weighted by Crippen LogP contribution is -2.26. The molecule has 1 amide bonds. The highest BCUT2D eigenvalue weighted by molar-refractivity contribution is 5.96. The standard InChI is InChI=1S/C17H19N7O2/c1-9-13(17-19-5-6-26-17)22-15(18)14(21-9)16(25)20-7-12-11(10-3-4-10)8-24(2)23-12/h5-6,8,10H,3-4,7H2,1-2H3,(H2,18,22)(H,20,25). The van der Waals surface area contributed by atoms with Crippen LogP contribution in [0.4, 0.5) is 5.82 Å². The molecule has 3 aromatic rings. The van der Waals surface area contributed by atoms with Crippen molar-refractivity contribution >= 4 is 11.7 Å². The molecule has 3 N–H and O–H groups in total. The first-order valence-electron chi connectivity index (χ1n) is 8.37. The fourth-order valence-electron chi connectivity index (χ4n) is 2.92. The van der Waals surface area contributed by atoms with E-state index in [9.17, 15) is 4.79 Å². The number of rotatable bonds is 5. The van der Waals surface area contributed by atoms with Gasteiger partial charge in [-0.3, -0.25) is 9.48 Å². The lowest BCUT2D eigenvalue weighted by atomic mass is 10.1. The maximum atomic E-state index is 12.5. The van der Waals surface area contributed by atoms with Crippen molar-refractivity contribution in [2.45, 2.75) is 32.2 Å². The van der Waals surface area contributed by atoms with Crippen LogP contribution in [0.5, 0.6) is 0 Å². The Labute approximate surface area is 149 Å². The minimum Gasteiger partial charge on any atom is -0.443 e. The van der Waals surface area contributed by atoms with Gasteiger partial charge in [-0.2, -0.15) is 5.10 Å². The Hall–Kier alpha value is -3.23. The summed E-state index contributed by atoms with van der Waals surface area (Å²) in [5.41, 5.74) is 9.03. The van der Waals surface area contributed by atoms with Gasteiger partial charge in [-0.25, -0.2) is 15.0 Å². The monoisotopic (exact) mass is 353 g/mol. The molecular formula is C17H19N7O2. The number of hydrogen-bond acceptors (Lipinski definition) is 7. The summed E-state index contributed by atoms with van der Waals surface area (Å²) in [6.07, 6.45) is 7.32. The van der Waals surface area contributed by atoms with Gasteiger partial charge in [0.25, 0.3) is 5.91 Å². The maximum absolute atomic E-state index is 12.5. The van der Waals surface area contributed by atoms with E-state index in [0.717, 1.165) is 5.69 Å². The predicted molar refractivity (Wildman–Crippen MR) is 93.0 cm³/mol. The number of aryl methyl sites for hydroxylation is 2. The minimum atomic E-state index is -0.385. The number of nitrogens with one attached hydrogen (secondary N) is 1. The van der Waals surface area contributed by atoms with Gasteiger partial charge in [-0.1, -0.05) is 0 Å². The van der Waals surface area contributed by atoms with E-state index < -0.39 is 0 Å². The number of nitrogens with two attached hydrogens (primary N) is 1. The summed E-state index contributed by atoms with van der Waals surface area (Å²) in [6, 6.07) is 0. The lowest BCUT2D eigenvalue weighted by Gasteiger charge is -2.09. The first kappa shape index (κ1) is 16.2. The van der Waals surface area contributed by atoms with Crippen LogP contribution < -0.4 is 11.1 Å². The number of carbonyl (C=O) groups excluding carboxylic acids is 1. The summed E-state index contributed by atoms with van der Waals surface area (Å²) in [5.74, 6) is 0.521. The molecule has 3 heterocycles. The Balaban J connectivity index is 1.52. The fourth-order valence-corrected chi connectivity index (χ4v) is 2.92. The summed E-state index contributed by atoms with van der Waals surface area (Å²) in [5, 5.41) is 7.28. The van der Waals surface area contributed by atoms with Gasteiger partial charge in [0.05, 0.1) is 24.1 Å². The zero-order valence-corrected chi connectivity index (χ0v) is 14.6. The van der Waals surface area contributed by atoms with Crippen LogP contribution in [0.15, 0.2) is 23.1 Å². The second-order valence-electron chi connectivity index (χ2n) is 6.39. The molecule has 26 heavy (non-hydrogen) atoms. The van der Waals surface area contributed by atoms with Gasteiger partial charge in [-0.05, 0) is 31.2 Å². The highest BCUT2D eigenvalue weighted by atomic mass is 16.3. The van der Waals surface area contributed by atoms with Crippen molar-refractivity contribution in [2.24, 2.45) is 7.05 Å². The number of nitrogens with zero attached hydrogens (tertiary/aromatic N) is 5. The molecule has 3 aromatic heterocycles. The molecule has 0 atom stereocenters. The molecule has 1 fully saturated rings. The second kappa shape index (κ2) is 6.25. The van der Waals surface area contributed by atoms with E-state index in [1.807, 2.05) is 13.2 Å². The molecule has 1 aliphatic carbocycles. The van der Waals surface area contributed by atoms with Crippen molar-refractivity contribution in [1.29, 1.82) is 0 Å². The zero-order chi connectivity index (χ0) is 18.3. The first-order valence-corrected chi connectivity index (χ1v) is 8.37. The molecule has 9 nitrogen and oxygen atoms in total. The Morgan fingerprint density at radius 2 is 2.23 bits per heavy atom. The summed E-state index contributed by atoms with van der Waals surface area (Å²) < 4.78 is 7.00. The summed E-state index contributed by atoms with van der Waals surface area (Å²) in [7, 11) is 1.88. The second-order valence-corrected chi connectivity index (χ2v) is 6.39. The van der Waals surface area contributed by atoms with Crippen LogP contribution in [-0.2, 0) is 13.6 Å². The van der Waals surface area contributed by atoms with Gasteiger partial charge in [0.2, 0.25) is 5.89 Å². The normalized spacial score (nSPS) is 13.8. The third-order valence-corrected chi connectivity index (χ3v) is 4.32. The average Bonchev–Trinajstić information content (AvgIpc) is 3.17. The lowest BCUT2D eigenvalue weighted by molar-refractivity contribution is 0.0945. The molecule has 1 saturated carbocycles. The Kier molecular flexibility index (Phi) is 3.90. The van der Waals surface area contributed by atoms with E-state index >= 15 is 0 Å². The topological polar surface area (TPSA) is 125 Å². The molecule has 0 aliphatic heterocycles. The van der Waals surface area contributed by atoms with Gasteiger partial charge in [0.15, 0.2) is 11.5 Å². The van der Waals surface area contributed by atoms with E-state index in [1.54, 1.807) is 11.6 Å². The predicted octanol–water partition coefficient (Wildman–Crippen LogP) is 1.56. The largest absolute Gasteiger partial charge is 0.443 e. The van der Waals surface area contributed by atoms with Crippen LogP contribution in [-0.4, -0.2) is 30.6 Å². The number of amides is 1. The summed E-state index contributed by atoms with van der Waals surface area (Å²) >= 11 is 0. The molecule has 134 valence electrons. The third kappa shape index (κ3) is 3.03. The van der Waals surface area contributed by atoms with Gasteiger partial charge in [0.1, 0.15) is 12.0 Å². The molecule has 0 radical (unpaired) electrons. The maximum Gasteiger partial charge on any atom is 0.274 e. The van der Waals surface area contributed by atoms with Crippen LogP contribution >= 0.6 is 0 Å². The third-order valence-electron chi connectivity index (χ3n) is 4.32. The molecular weight excluding hydrogens is 334 g/mol. The summed E-state index contributed by atoms with van der Waals surface area (Å²) in [4.78, 5) is 25.1. The number of oxazole rings is 1. The van der Waals surface area contributed by atoms with E-state index in [1.165, 1.54) is 30.9 Å². The Morgan fingerprint density at radius 1 is 1.42 bits per heavy atom. The van der Waals surface area contributed by atoms with Crippen molar-refractivity contribution < 1.29 is 9.21 Å². The Morgan fingerprint density at radius 3 is 2.92 bits per heavy atom. The molecule has 0 bridgehead atoms. The van der Waals surface area contributed by atoms with Crippen LogP contribution in [0.1, 0.15) is 46.2 Å². The number of anilines is 1. The van der Waals surface area contributed by atoms with Crippen molar-refractivity contribution in [3.8, 4) is 11.6 Å². The molecule has 0 aromatic carbocycles.